The number of hydrogen-bond donors (Lipinski definition) is 1. The lowest BCUT2D eigenvalue weighted by molar-refractivity contribution is -0.128. The Hall–Kier alpha value is -1.47. The summed E-state index contributed by atoms with van der Waals surface area (Å²) in [5.41, 5.74) is 0. The SMILES string of the molecule is CCN(C)C(=O)CNS(=O)(=O)c1cccc(F)c1. The van der Waals surface area contributed by atoms with Crippen LogP contribution in [0, 0.1) is 5.82 Å². The number of carbonyl (C=O) groups is 1. The normalized spacial score (nSPS) is 11.3. The summed E-state index contributed by atoms with van der Waals surface area (Å²) in [7, 11) is -2.29. The number of nitrogens with zero attached hydrogens (tertiary/aromatic N) is 1. The van der Waals surface area contributed by atoms with Gasteiger partial charge >= 0.3 is 0 Å². The van der Waals surface area contributed by atoms with Gasteiger partial charge in [-0.1, -0.05) is 6.07 Å². The average Bonchev–Trinajstić information content (AvgIpc) is 2.35. The van der Waals surface area contributed by atoms with Crippen LogP contribution in [0.15, 0.2) is 29.2 Å². The van der Waals surface area contributed by atoms with E-state index < -0.39 is 15.8 Å². The van der Waals surface area contributed by atoms with Gasteiger partial charge in [0.05, 0.1) is 11.4 Å². The van der Waals surface area contributed by atoms with Gasteiger partial charge in [0.2, 0.25) is 15.9 Å². The number of amides is 1. The summed E-state index contributed by atoms with van der Waals surface area (Å²) in [5.74, 6) is -0.993. The first-order chi connectivity index (χ1) is 8.36. The minimum atomic E-state index is -3.86. The van der Waals surface area contributed by atoms with Gasteiger partial charge in [-0.15, -0.1) is 0 Å². The fourth-order valence-corrected chi connectivity index (χ4v) is 2.19. The van der Waals surface area contributed by atoms with E-state index in [4.69, 9.17) is 0 Å². The second-order valence-corrected chi connectivity index (χ2v) is 5.46. The maximum absolute atomic E-state index is 12.9. The summed E-state index contributed by atoms with van der Waals surface area (Å²) in [6.45, 7) is 1.92. The van der Waals surface area contributed by atoms with Crippen molar-refractivity contribution in [3.8, 4) is 0 Å². The lowest BCUT2D eigenvalue weighted by Gasteiger charge is -2.14. The summed E-state index contributed by atoms with van der Waals surface area (Å²) in [5, 5.41) is 0. The van der Waals surface area contributed by atoms with E-state index in [1.165, 1.54) is 17.0 Å². The highest BCUT2D eigenvalue weighted by Crippen LogP contribution is 2.09. The summed E-state index contributed by atoms with van der Waals surface area (Å²) in [6.07, 6.45) is 0. The predicted molar refractivity (Wildman–Crippen MR) is 64.9 cm³/mol. The molecule has 0 fully saturated rings. The standard InChI is InChI=1S/C11H15FN2O3S/c1-3-14(2)11(15)8-13-18(16,17)10-6-4-5-9(12)7-10/h4-7,13H,3,8H2,1-2H3. The predicted octanol–water partition coefficient (Wildman–Crippen LogP) is 0.582. The molecule has 1 N–H and O–H groups in total. The highest BCUT2D eigenvalue weighted by atomic mass is 32.2. The molecule has 7 heteroatoms. The Balaban J connectivity index is 2.75. The monoisotopic (exact) mass is 274 g/mol. The van der Waals surface area contributed by atoms with Gasteiger partial charge in [-0.25, -0.2) is 17.5 Å². The van der Waals surface area contributed by atoms with E-state index in [2.05, 4.69) is 4.72 Å². The first-order valence-corrected chi connectivity index (χ1v) is 6.84. The van der Waals surface area contributed by atoms with Crippen LogP contribution in [-0.2, 0) is 14.8 Å². The number of nitrogens with one attached hydrogen (secondary N) is 1. The topological polar surface area (TPSA) is 66.5 Å². The van der Waals surface area contributed by atoms with E-state index in [0.717, 1.165) is 12.1 Å². The molecule has 0 spiro atoms. The van der Waals surface area contributed by atoms with Crippen molar-refractivity contribution in [2.75, 3.05) is 20.1 Å². The number of carbonyl (C=O) groups excluding carboxylic acids is 1. The van der Waals surface area contributed by atoms with Crippen molar-refractivity contribution in [3.05, 3.63) is 30.1 Å². The van der Waals surface area contributed by atoms with Gasteiger partial charge < -0.3 is 4.90 Å². The van der Waals surface area contributed by atoms with E-state index in [-0.39, 0.29) is 17.3 Å². The van der Waals surface area contributed by atoms with E-state index in [0.29, 0.717) is 6.54 Å². The summed E-state index contributed by atoms with van der Waals surface area (Å²) in [4.78, 5) is 12.6. The van der Waals surface area contributed by atoms with Crippen molar-refractivity contribution in [2.24, 2.45) is 0 Å². The van der Waals surface area contributed by atoms with Crippen LogP contribution in [0.5, 0.6) is 0 Å². The van der Waals surface area contributed by atoms with Crippen molar-refractivity contribution in [1.29, 1.82) is 0 Å². The Morgan fingerprint density at radius 2 is 2.11 bits per heavy atom. The molecular weight excluding hydrogens is 259 g/mol. The average molecular weight is 274 g/mol. The quantitative estimate of drug-likeness (QED) is 0.854. The van der Waals surface area contributed by atoms with E-state index in [1.807, 2.05) is 0 Å². The molecule has 0 unspecified atom stereocenters. The lowest BCUT2D eigenvalue weighted by Crippen LogP contribution is -2.37. The van der Waals surface area contributed by atoms with Gasteiger partial charge in [-0.05, 0) is 25.1 Å². The Bertz CT molecular complexity index is 531. The van der Waals surface area contributed by atoms with Gasteiger partial charge in [0.25, 0.3) is 0 Å². The zero-order valence-electron chi connectivity index (χ0n) is 10.2. The Kier molecular flexibility index (Phi) is 4.80. The molecule has 18 heavy (non-hydrogen) atoms. The number of rotatable bonds is 5. The molecule has 0 saturated carbocycles. The van der Waals surface area contributed by atoms with Crippen LogP contribution in [0.2, 0.25) is 0 Å². The van der Waals surface area contributed by atoms with Crippen LogP contribution in [0.3, 0.4) is 0 Å². The molecule has 0 aliphatic rings. The number of halogens is 1. The molecule has 0 aromatic heterocycles. The molecule has 1 aromatic carbocycles. The van der Waals surface area contributed by atoms with Crippen LogP contribution in [0.4, 0.5) is 4.39 Å². The van der Waals surface area contributed by atoms with Crippen LogP contribution >= 0.6 is 0 Å². The first-order valence-electron chi connectivity index (χ1n) is 5.36. The van der Waals surface area contributed by atoms with Crippen molar-refractivity contribution in [2.45, 2.75) is 11.8 Å². The Morgan fingerprint density at radius 1 is 1.44 bits per heavy atom. The second-order valence-electron chi connectivity index (χ2n) is 3.69. The van der Waals surface area contributed by atoms with E-state index >= 15 is 0 Å². The largest absolute Gasteiger partial charge is 0.345 e. The summed E-state index contributed by atoms with van der Waals surface area (Å²) < 4.78 is 38.5. The Labute approximate surface area is 106 Å². The molecule has 0 radical (unpaired) electrons. The third kappa shape index (κ3) is 3.78. The van der Waals surface area contributed by atoms with Crippen LogP contribution in [-0.4, -0.2) is 39.4 Å². The van der Waals surface area contributed by atoms with Gasteiger partial charge in [-0.3, -0.25) is 4.79 Å². The van der Waals surface area contributed by atoms with Crippen molar-refractivity contribution < 1.29 is 17.6 Å². The van der Waals surface area contributed by atoms with Gasteiger partial charge in [0, 0.05) is 13.6 Å². The van der Waals surface area contributed by atoms with Crippen LogP contribution < -0.4 is 4.72 Å². The maximum atomic E-state index is 12.9. The first kappa shape index (κ1) is 14.6. The van der Waals surface area contributed by atoms with Crippen LogP contribution in [0.25, 0.3) is 0 Å². The van der Waals surface area contributed by atoms with Gasteiger partial charge in [0.1, 0.15) is 5.82 Å². The van der Waals surface area contributed by atoms with E-state index in [1.54, 1.807) is 14.0 Å². The zero-order valence-corrected chi connectivity index (χ0v) is 11.0. The Morgan fingerprint density at radius 3 is 2.67 bits per heavy atom. The molecule has 0 bridgehead atoms. The number of hydrogen-bond acceptors (Lipinski definition) is 3. The van der Waals surface area contributed by atoms with Crippen molar-refractivity contribution >= 4 is 15.9 Å². The summed E-state index contributed by atoms with van der Waals surface area (Å²) in [6, 6.07) is 4.61. The molecule has 0 atom stereocenters. The molecule has 1 rings (SSSR count). The number of likely N-dealkylation sites (N-methyl/N-ethyl adjacent to an activating group) is 1. The van der Waals surface area contributed by atoms with Gasteiger partial charge in [0.15, 0.2) is 0 Å². The minimum absolute atomic E-state index is 0.200. The number of sulfonamides is 1. The fraction of sp³-hybridized carbons (Fsp3) is 0.364. The smallest absolute Gasteiger partial charge is 0.241 e. The fourth-order valence-electron chi connectivity index (χ4n) is 1.19. The third-order valence-electron chi connectivity index (χ3n) is 2.42. The minimum Gasteiger partial charge on any atom is -0.345 e. The maximum Gasteiger partial charge on any atom is 0.241 e. The molecule has 1 amide bonds. The van der Waals surface area contributed by atoms with Crippen molar-refractivity contribution in [1.82, 2.24) is 9.62 Å². The molecule has 0 aliphatic heterocycles. The molecule has 0 aliphatic carbocycles. The molecular formula is C11H15FN2O3S. The van der Waals surface area contributed by atoms with Gasteiger partial charge in [-0.2, -0.15) is 0 Å². The van der Waals surface area contributed by atoms with E-state index in [9.17, 15) is 17.6 Å². The summed E-state index contributed by atoms with van der Waals surface area (Å²) >= 11 is 0. The third-order valence-corrected chi connectivity index (χ3v) is 3.82. The molecule has 5 nitrogen and oxygen atoms in total. The molecule has 0 heterocycles. The number of benzene rings is 1. The molecule has 100 valence electrons. The van der Waals surface area contributed by atoms with Crippen LogP contribution in [0.1, 0.15) is 6.92 Å². The second kappa shape index (κ2) is 5.92. The van der Waals surface area contributed by atoms with Crippen molar-refractivity contribution in [3.63, 3.8) is 0 Å². The highest BCUT2D eigenvalue weighted by molar-refractivity contribution is 7.89. The molecule has 0 saturated heterocycles. The lowest BCUT2D eigenvalue weighted by atomic mass is 10.4. The molecule has 1 aromatic rings. The highest BCUT2D eigenvalue weighted by Gasteiger charge is 2.17. The zero-order chi connectivity index (χ0) is 13.8.